The number of nitrogens with zero attached hydrogens (tertiary/aromatic N) is 1. The molecule has 0 bridgehead atoms. The molecule has 0 aliphatic heterocycles. The number of halogens is 1. The van der Waals surface area contributed by atoms with E-state index in [-0.39, 0.29) is 0 Å². The number of allylic oxidation sites excluding steroid dienone is 4. The van der Waals surface area contributed by atoms with Crippen molar-refractivity contribution in [3.8, 4) is 0 Å². The molecule has 0 fully saturated rings. The summed E-state index contributed by atoms with van der Waals surface area (Å²) in [6, 6.07) is 15.0. The molecule has 1 aromatic heterocycles. The maximum Gasteiger partial charge on any atom is 0.0460 e. The molecule has 0 saturated carbocycles. The molecule has 0 amide bonds. The first-order valence-corrected chi connectivity index (χ1v) is 12.9. The van der Waals surface area contributed by atoms with E-state index < -0.39 is 0 Å². The lowest BCUT2D eigenvalue weighted by Crippen LogP contribution is -2.01. The molecule has 3 aromatic rings. The van der Waals surface area contributed by atoms with Gasteiger partial charge in [-0.1, -0.05) is 80.8 Å². The third-order valence-corrected chi connectivity index (χ3v) is 6.35. The monoisotopic (exact) mass is 476 g/mol. The molecular weight excluding hydrogens is 436 g/mol. The average molecular weight is 477 g/mol. The Morgan fingerprint density at radius 1 is 1.09 bits per heavy atom. The van der Waals surface area contributed by atoms with Crippen LogP contribution in [0.15, 0.2) is 70.9 Å². The lowest BCUT2D eigenvalue weighted by molar-refractivity contribution is 0.775. The smallest absolute Gasteiger partial charge is 0.0460 e. The Bertz CT molecular complexity index is 1130. The number of H-pyrrole nitrogens is 1. The van der Waals surface area contributed by atoms with E-state index in [9.17, 15) is 0 Å². The molecule has 3 rings (SSSR count). The van der Waals surface area contributed by atoms with Crippen molar-refractivity contribution in [1.29, 1.82) is 0 Å². The fraction of sp³-hybridized carbons (Fsp3) is 0.387. The van der Waals surface area contributed by atoms with E-state index in [1.54, 1.807) is 0 Å². The van der Waals surface area contributed by atoms with Gasteiger partial charge in [-0.2, -0.15) is 0 Å². The van der Waals surface area contributed by atoms with Crippen LogP contribution in [-0.2, 0) is 6.42 Å². The van der Waals surface area contributed by atoms with Gasteiger partial charge < -0.3 is 4.98 Å². The number of aromatic nitrogens is 1. The number of aromatic amines is 1. The third-order valence-electron chi connectivity index (χ3n) is 6.12. The minimum atomic E-state index is 0.355. The van der Waals surface area contributed by atoms with E-state index in [0.29, 0.717) is 5.92 Å². The normalized spacial score (nSPS) is 13.3. The second-order valence-corrected chi connectivity index (χ2v) is 9.42. The topological polar surface area (TPSA) is 28.1 Å². The predicted molar refractivity (Wildman–Crippen MR) is 153 cm³/mol. The molecule has 0 saturated heterocycles. The van der Waals surface area contributed by atoms with Crippen molar-refractivity contribution in [3.63, 3.8) is 0 Å². The number of nitrogens with one attached hydrogen (secondary N) is 1. The fourth-order valence-corrected chi connectivity index (χ4v) is 4.05. The number of hydrogen-bond donors (Lipinski definition) is 1. The third kappa shape index (κ3) is 8.02. The SMILES string of the molecule is CCCCc1c(C(C)c2ccc(C)cc2)[nH]c2ccc(Cl)cc12.C\C=C(C)/C=N/C(C)=C/CC. The second kappa shape index (κ2) is 14.0. The maximum atomic E-state index is 6.23. The standard InChI is InChI=1S/C21H24ClN.C10H17N/c1-4-5-6-18-19-13-17(22)11-12-20(19)23-21(18)15(3)16-9-7-14(2)8-10-16;1-5-7-10(4)11-8-9(3)6-2/h7-13,15,23H,4-6H2,1-3H3;6-8H,5H2,1-4H3/b;9-6-,10-7+,11-8+. The van der Waals surface area contributed by atoms with Gasteiger partial charge in [0, 0.05) is 39.4 Å². The zero-order chi connectivity index (χ0) is 25.1. The lowest BCUT2D eigenvalue weighted by Gasteiger charge is -2.14. The summed E-state index contributed by atoms with van der Waals surface area (Å²) in [6.07, 6.45) is 10.6. The first-order valence-electron chi connectivity index (χ1n) is 12.5. The summed E-state index contributed by atoms with van der Waals surface area (Å²) in [5, 5.41) is 2.09. The highest BCUT2D eigenvalue weighted by atomic mass is 35.5. The van der Waals surface area contributed by atoms with E-state index in [0.717, 1.165) is 23.6 Å². The molecule has 2 aromatic carbocycles. The van der Waals surface area contributed by atoms with Gasteiger partial charge in [0.05, 0.1) is 0 Å². The first-order chi connectivity index (χ1) is 16.3. The summed E-state index contributed by atoms with van der Waals surface area (Å²) in [4.78, 5) is 7.91. The number of unbranched alkanes of at least 4 members (excludes halogenated alkanes) is 1. The fourth-order valence-electron chi connectivity index (χ4n) is 3.88. The van der Waals surface area contributed by atoms with Crippen LogP contribution in [0.3, 0.4) is 0 Å². The molecule has 0 aliphatic carbocycles. The van der Waals surface area contributed by atoms with Gasteiger partial charge in [0.2, 0.25) is 0 Å². The minimum Gasteiger partial charge on any atom is -0.358 e. The van der Waals surface area contributed by atoms with E-state index in [2.05, 4.69) is 80.1 Å². The molecule has 2 nitrogen and oxygen atoms in total. The molecule has 1 atom stereocenters. The van der Waals surface area contributed by atoms with Crippen LogP contribution in [0, 0.1) is 6.92 Å². The Morgan fingerprint density at radius 3 is 2.41 bits per heavy atom. The Hall–Kier alpha value is -2.58. The van der Waals surface area contributed by atoms with Crippen molar-refractivity contribution < 1.29 is 0 Å². The van der Waals surface area contributed by atoms with Crippen LogP contribution in [0.5, 0.6) is 0 Å². The quantitative estimate of drug-likeness (QED) is 0.313. The zero-order valence-corrected chi connectivity index (χ0v) is 22.8. The molecule has 182 valence electrons. The number of aliphatic imine (C=N–C) groups is 1. The van der Waals surface area contributed by atoms with Crippen LogP contribution in [0.4, 0.5) is 0 Å². The van der Waals surface area contributed by atoms with E-state index in [1.165, 1.54) is 51.7 Å². The maximum absolute atomic E-state index is 6.23. The molecule has 1 unspecified atom stereocenters. The Balaban J connectivity index is 0.000000316. The van der Waals surface area contributed by atoms with E-state index >= 15 is 0 Å². The van der Waals surface area contributed by atoms with Crippen LogP contribution in [0.2, 0.25) is 5.02 Å². The van der Waals surface area contributed by atoms with Gasteiger partial charge in [0.15, 0.2) is 0 Å². The molecule has 0 radical (unpaired) electrons. The Labute approximate surface area is 211 Å². The molecular formula is C31H41ClN2. The zero-order valence-electron chi connectivity index (χ0n) is 22.0. The van der Waals surface area contributed by atoms with Gasteiger partial charge in [-0.25, -0.2) is 0 Å². The number of fused-ring (bicyclic) bond motifs is 1. The Kier molecular flexibility index (Phi) is 11.4. The Morgan fingerprint density at radius 2 is 1.79 bits per heavy atom. The van der Waals surface area contributed by atoms with Crippen LogP contribution in [-0.4, -0.2) is 11.2 Å². The summed E-state index contributed by atoms with van der Waals surface area (Å²) in [5.74, 6) is 0.355. The molecule has 0 spiro atoms. The molecule has 1 N–H and O–H groups in total. The van der Waals surface area contributed by atoms with Crippen LogP contribution in [0.25, 0.3) is 10.9 Å². The van der Waals surface area contributed by atoms with Crippen molar-refractivity contribution in [2.45, 2.75) is 80.1 Å². The number of rotatable bonds is 8. The average Bonchev–Trinajstić information content (AvgIpc) is 3.19. The van der Waals surface area contributed by atoms with E-state index in [4.69, 9.17) is 11.6 Å². The van der Waals surface area contributed by atoms with Gasteiger partial charge >= 0.3 is 0 Å². The highest BCUT2D eigenvalue weighted by Gasteiger charge is 2.18. The van der Waals surface area contributed by atoms with Crippen LogP contribution >= 0.6 is 11.6 Å². The van der Waals surface area contributed by atoms with Crippen molar-refractivity contribution in [1.82, 2.24) is 4.98 Å². The van der Waals surface area contributed by atoms with Crippen molar-refractivity contribution in [3.05, 3.63) is 93.3 Å². The molecule has 3 heteroatoms. The number of hydrogen-bond acceptors (Lipinski definition) is 1. The van der Waals surface area contributed by atoms with E-state index in [1.807, 2.05) is 39.1 Å². The van der Waals surface area contributed by atoms with Gasteiger partial charge in [-0.15, -0.1) is 0 Å². The predicted octanol–water partition coefficient (Wildman–Crippen LogP) is 9.96. The lowest BCUT2D eigenvalue weighted by atomic mass is 9.92. The van der Waals surface area contributed by atoms with Gasteiger partial charge in [0.1, 0.15) is 0 Å². The summed E-state index contributed by atoms with van der Waals surface area (Å²) in [7, 11) is 0. The van der Waals surface area contributed by atoms with Gasteiger partial charge in [0.25, 0.3) is 0 Å². The summed E-state index contributed by atoms with van der Waals surface area (Å²) in [5.41, 5.74) is 8.90. The second-order valence-electron chi connectivity index (χ2n) is 8.99. The van der Waals surface area contributed by atoms with Crippen LogP contribution in [0.1, 0.15) is 89.1 Å². The van der Waals surface area contributed by atoms with Crippen molar-refractivity contribution >= 4 is 28.7 Å². The highest BCUT2D eigenvalue weighted by molar-refractivity contribution is 6.31. The summed E-state index contributed by atoms with van der Waals surface area (Å²) < 4.78 is 0. The minimum absolute atomic E-state index is 0.355. The number of aryl methyl sites for hydroxylation is 2. The number of benzene rings is 2. The summed E-state index contributed by atoms with van der Waals surface area (Å²) >= 11 is 6.23. The van der Waals surface area contributed by atoms with Gasteiger partial charge in [-0.3, -0.25) is 4.99 Å². The summed E-state index contributed by atoms with van der Waals surface area (Å²) in [6.45, 7) is 14.8. The largest absolute Gasteiger partial charge is 0.358 e. The molecule has 0 aliphatic rings. The highest BCUT2D eigenvalue weighted by Crippen LogP contribution is 2.34. The van der Waals surface area contributed by atoms with Crippen molar-refractivity contribution in [2.75, 3.05) is 0 Å². The molecule has 1 heterocycles. The van der Waals surface area contributed by atoms with Crippen molar-refractivity contribution in [2.24, 2.45) is 4.99 Å². The first kappa shape index (κ1) is 27.7. The van der Waals surface area contributed by atoms with Gasteiger partial charge in [-0.05, 0) is 81.9 Å². The molecule has 34 heavy (non-hydrogen) atoms. The van der Waals surface area contributed by atoms with Crippen LogP contribution < -0.4 is 0 Å².